The Morgan fingerprint density at radius 1 is 0.979 bits per heavy atom. The minimum Gasteiger partial charge on any atom is -0.491 e. The van der Waals surface area contributed by atoms with Gasteiger partial charge in [0.1, 0.15) is 11.8 Å². The number of likely N-dealkylation sites (tertiary alicyclic amines) is 1. The van der Waals surface area contributed by atoms with Crippen LogP contribution in [0.2, 0.25) is 0 Å². The number of rotatable bonds is 11. The number of ether oxygens (including phenoxy) is 1. The average Bonchev–Trinajstić information content (AvgIpc) is 3.73. The van der Waals surface area contributed by atoms with Gasteiger partial charge in [0.25, 0.3) is 0 Å². The first kappa shape index (κ1) is 34.0. The molecular weight excluding hydrogens is 611 g/mol. The van der Waals surface area contributed by atoms with Crippen molar-refractivity contribution in [3.05, 3.63) is 87.9 Å². The van der Waals surface area contributed by atoms with Crippen molar-refractivity contribution in [3.63, 3.8) is 0 Å². The van der Waals surface area contributed by atoms with Gasteiger partial charge in [0.05, 0.1) is 11.0 Å². The van der Waals surface area contributed by atoms with Crippen molar-refractivity contribution in [2.24, 2.45) is 5.92 Å². The summed E-state index contributed by atoms with van der Waals surface area (Å²) in [4.78, 5) is 51.6. The van der Waals surface area contributed by atoms with Crippen LogP contribution < -0.4 is 4.74 Å². The SMILES string of the molecule is Cc1cc(-c2cnc(-c3ccc(C[C@H](CC(=O)c4ccc(C(C)(C)C)s4)C(=O)N4CCC[C@H]4C(=O)O)cc3)nc2)ccc1OC(C)C. The maximum absolute atomic E-state index is 13.8. The molecule has 1 amide bonds. The number of carbonyl (C=O) groups is 3. The summed E-state index contributed by atoms with van der Waals surface area (Å²) in [6.07, 6.45) is 5.10. The second kappa shape index (κ2) is 14.2. The number of Topliss-reactive ketones (excluding diaryl/α,β-unsaturated/α-hetero) is 1. The summed E-state index contributed by atoms with van der Waals surface area (Å²) >= 11 is 1.46. The monoisotopic (exact) mass is 653 g/mol. The fraction of sp³-hybridized carbons (Fsp3) is 0.395. The predicted octanol–water partition coefficient (Wildman–Crippen LogP) is 7.77. The van der Waals surface area contributed by atoms with Crippen LogP contribution in [0, 0.1) is 12.8 Å². The van der Waals surface area contributed by atoms with E-state index in [1.54, 1.807) is 12.4 Å². The number of nitrogens with zero attached hydrogens (tertiary/aromatic N) is 3. The molecule has 1 fully saturated rings. The van der Waals surface area contributed by atoms with E-state index in [0.29, 0.717) is 36.5 Å². The zero-order valence-corrected chi connectivity index (χ0v) is 28.8. The lowest BCUT2D eigenvalue weighted by molar-refractivity contribution is -0.149. The molecule has 1 N–H and O–H groups in total. The molecule has 5 rings (SSSR count). The second-order valence-electron chi connectivity index (χ2n) is 13.6. The molecule has 8 nitrogen and oxygen atoms in total. The summed E-state index contributed by atoms with van der Waals surface area (Å²) in [7, 11) is 0. The van der Waals surface area contributed by atoms with Crippen LogP contribution in [-0.2, 0) is 21.4 Å². The molecule has 1 saturated heterocycles. The van der Waals surface area contributed by atoms with Gasteiger partial charge in [0, 0.05) is 47.3 Å². The van der Waals surface area contributed by atoms with Crippen molar-refractivity contribution in [2.45, 2.75) is 84.8 Å². The van der Waals surface area contributed by atoms with Crippen molar-refractivity contribution >= 4 is 29.0 Å². The Morgan fingerprint density at radius 3 is 2.26 bits per heavy atom. The Morgan fingerprint density at radius 2 is 1.66 bits per heavy atom. The van der Waals surface area contributed by atoms with Crippen molar-refractivity contribution in [2.75, 3.05) is 6.54 Å². The van der Waals surface area contributed by atoms with E-state index >= 15 is 0 Å². The van der Waals surface area contributed by atoms with Crippen molar-refractivity contribution < 1.29 is 24.2 Å². The van der Waals surface area contributed by atoms with Crippen molar-refractivity contribution in [3.8, 4) is 28.3 Å². The van der Waals surface area contributed by atoms with Gasteiger partial charge >= 0.3 is 5.97 Å². The van der Waals surface area contributed by atoms with E-state index in [2.05, 4.69) is 36.8 Å². The number of carboxylic acid groups (broad SMARTS) is 1. The molecule has 1 aliphatic heterocycles. The summed E-state index contributed by atoms with van der Waals surface area (Å²) in [5, 5.41) is 9.74. The fourth-order valence-electron chi connectivity index (χ4n) is 5.90. The highest BCUT2D eigenvalue weighted by Crippen LogP contribution is 2.32. The van der Waals surface area contributed by atoms with E-state index in [1.807, 2.05) is 69.3 Å². The number of carbonyl (C=O) groups excluding carboxylic acids is 2. The third-order valence-corrected chi connectivity index (χ3v) is 9.99. The first-order chi connectivity index (χ1) is 22.3. The van der Waals surface area contributed by atoms with Gasteiger partial charge in [-0.25, -0.2) is 14.8 Å². The smallest absolute Gasteiger partial charge is 0.326 e. The molecule has 0 spiro atoms. The molecule has 0 unspecified atom stereocenters. The van der Waals surface area contributed by atoms with Crippen molar-refractivity contribution in [1.82, 2.24) is 14.9 Å². The van der Waals surface area contributed by atoms with Gasteiger partial charge in [0.15, 0.2) is 11.6 Å². The number of thiophene rings is 1. The Bertz CT molecular complexity index is 1740. The van der Waals surface area contributed by atoms with Crippen LogP contribution in [0.1, 0.15) is 79.6 Å². The second-order valence-corrected chi connectivity index (χ2v) is 14.7. The number of ketones is 1. The molecular formula is C38H43N3O5S. The van der Waals surface area contributed by atoms with Gasteiger partial charge in [-0.05, 0) is 86.4 Å². The number of aryl methyl sites for hydroxylation is 1. The predicted molar refractivity (Wildman–Crippen MR) is 185 cm³/mol. The third kappa shape index (κ3) is 8.14. The van der Waals surface area contributed by atoms with Crippen LogP contribution >= 0.6 is 11.3 Å². The Labute approximate surface area is 280 Å². The number of benzene rings is 2. The number of aliphatic carboxylic acids is 1. The molecule has 246 valence electrons. The minimum absolute atomic E-state index is 0.0160. The number of aromatic nitrogens is 2. The highest BCUT2D eigenvalue weighted by Gasteiger charge is 2.38. The topological polar surface area (TPSA) is 110 Å². The maximum atomic E-state index is 13.8. The lowest BCUT2D eigenvalue weighted by Gasteiger charge is -2.26. The Balaban J connectivity index is 1.33. The molecule has 2 atom stereocenters. The first-order valence-electron chi connectivity index (χ1n) is 16.2. The average molecular weight is 654 g/mol. The lowest BCUT2D eigenvalue weighted by atomic mass is 9.91. The third-order valence-electron chi connectivity index (χ3n) is 8.44. The van der Waals surface area contributed by atoms with E-state index < -0.39 is 17.9 Å². The molecule has 0 bridgehead atoms. The molecule has 0 radical (unpaired) electrons. The molecule has 2 aromatic heterocycles. The molecule has 1 aliphatic rings. The molecule has 9 heteroatoms. The quantitative estimate of drug-likeness (QED) is 0.165. The number of carboxylic acids is 1. The van der Waals surface area contributed by atoms with Gasteiger partial charge in [-0.1, -0.05) is 51.1 Å². The Hall–Kier alpha value is -4.37. The van der Waals surface area contributed by atoms with Crippen LogP contribution in [0.15, 0.2) is 67.0 Å². The van der Waals surface area contributed by atoms with Gasteiger partial charge in [-0.2, -0.15) is 0 Å². The van der Waals surface area contributed by atoms with Crippen LogP contribution in [0.25, 0.3) is 22.5 Å². The van der Waals surface area contributed by atoms with E-state index in [-0.39, 0.29) is 29.6 Å². The molecule has 47 heavy (non-hydrogen) atoms. The normalized spacial score (nSPS) is 15.6. The molecule has 0 saturated carbocycles. The van der Waals surface area contributed by atoms with Gasteiger partial charge in [0.2, 0.25) is 5.91 Å². The highest BCUT2D eigenvalue weighted by atomic mass is 32.1. The van der Waals surface area contributed by atoms with E-state index in [9.17, 15) is 19.5 Å². The number of hydrogen-bond acceptors (Lipinski definition) is 7. The van der Waals surface area contributed by atoms with Crippen LogP contribution in [0.5, 0.6) is 5.75 Å². The zero-order valence-electron chi connectivity index (χ0n) is 27.9. The van der Waals surface area contributed by atoms with Gasteiger partial charge in [-0.3, -0.25) is 9.59 Å². The molecule has 3 heterocycles. The standard InChI is InChI=1S/C38H43N3O5S/c1-23(2)46-32-14-13-27(18-24(32)3)29-21-39-35(40-22-29)26-11-9-25(10-12-26)19-28(36(43)41-17-7-8-30(41)37(44)45)20-31(42)33-15-16-34(47-33)38(4,5)6/h9-16,18,21-23,28,30H,7-8,17,19-20H2,1-6H3,(H,44,45)/t28-,30+/m1/s1. The summed E-state index contributed by atoms with van der Waals surface area (Å²) in [5.74, 6) is -0.622. The largest absolute Gasteiger partial charge is 0.491 e. The van der Waals surface area contributed by atoms with Crippen LogP contribution in [0.4, 0.5) is 0 Å². The van der Waals surface area contributed by atoms with E-state index in [4.69, 9.17) is 4.74 Å². The molecule has 2 aromatic carbocycles. The zero-order chi connectivity index (χ0) is 33.9. The fourth-order valence-corrected chi connectivity index (χ4v) is 6.91. The van der Waals surface area contributed by atoms with Gasteiger partial charge in [-0.15, -0.1) is 11.3 Å². The highest BCUT2D eigenvalue weighted by molar-refractivity contribution is 7.14. The molecule has 0 aliphatic carbocycles. The van der Waals surface area contributed by atoms with Gasteiger partial charge < -0.3 is 14.7 Å². The molecule has 4 aromatic rings. The number of hydrogen-bond donors (Lipinski definition) is 1. The summed E-state index contributed by atoms with van der Waals surface area (Å²) < 4.78 is 5.86. The number of amides is 1. The first-order valence-corrected chi connectivity index (χ1v) is 17.0. The van der Waals surface area contributed by atoms with Crippen LogP contribution in [0.3, 0.4) is 0 Å². The van der Waals surface area contributed by atoms with Crippen molar-refractivity contribution in [1.29, 1.82) is 0 Å². The van der Waals surface area contributed by atoms with E-state index in [0.717, 1.165) is 38.4 Å². The summed E-state index contributed by atoms with van der Waals surface area (Å²) in [6, 6.07) is 16.7. The minimum atomic E-state index is -1.00. The maximum Gasteiger partial charge on any atom is 0.326 e. The Kier molecular flexibility index (Phi) is 10.2. The summed E-state index contributed by atoms with van der Waals surface area (Å²) in [5.41, 5.74) is 4.58. The van der Waals surface area contributed by atoms with E-state index in [1.165, 1.54) is 16.2 Å². The lowest BCUT2D eigenvalue weighted by Crippen LogP contribution is -2.44. The van der Waals surface area contributed by atoms with Crippen LogP contribution in [-0.4, -0.2) is 56.3 Å². The summed E-state index contributed by atoms with van der Waals surface area (Å²) in [6.45, 7) is 12.7.